The van der Waals surface area contributed by atoms with Crippen molar-refractivity contribution in [2.24, 2.45) is 4.99 Å². The monoisotopic (exact) mass is 558 g/mol. The van der Waals surface area contributed by atoms with Crippen molar-refractivity contribution in [3.05, 3.63) is 130 Å². The van der Waals surface area contributed by atoms with Gasteiger partial charge in [0, 0.05) is 36.1 Å². The summed E-state index contributed by atoms with van der Waals surface area (Å²) in [5, 5.41) is 3.58. The second-order valence-electron chi connectivity index (χ2n) is 9.24. The number of aromatic nitrogens is 1. The van der Waals surface area contributed by atoms with Crippen LogP contribution >= 0.6 is 11.6 Å². The molecule has 0 saturated heterocycles. The second kappa shape index (κ2) is 11.9. The lowest BCUT2D eigenvalue weighted by molar-refractivity contribution is 0.0954. The molecule has 1 unspecified atom stereocenters. The zero-order chi connectivity index (χ0) is 27.2. The smallest absolute Gasteiger partial charge is 0.251 e. The van der Waals surface area contributed by atoms with Gasteiger partial charge in [-0.25, -0.2) is 8.42 Å². The molecule has 1 aromatic heterocycles. The van der Waals surface area contributed by atoms with Gasteiger partial charge >= 0.3 is 0 Å². The van der Waals surface area contributed by atoms with E-state index in [1.54, 1.807) is 66.9 Å². The summed E-state index contributed by atoms with van der Waals surface area (Å²) in [5.74, 6) is -0.193. The van der Waals surface area contributed by atoms with E-state index in [-0.39, 0.29) is 29.9 Å². The van der Waals surface area contributed by atoms with Crippen molar-refractivity contribution in [3.8, 4) is 0 Å². The molecule has 5 rings (SSSR count). The molecule has 198 valence electrons. The van der Waals surface area contributed by atoms with E-state index in [4.69, 9.17) is 11.6 Å². The Morgan fingerprint density at radius 1 is 0.897 bits per heavy atom. The average Bonchev–Trinajstić information content (AvgIpc) is 3.80. The lowest BCUT2D eigenvalue weighted by Gasteiger charge is -2.22. The molecule has 39 heavy (non-hydrogen) atoms. The molecule has 1 aliphatic heterocycles. The number of aliphatic imine (C=N–C) groups is 1. The normalized spacial score (nSPS) is 14.4. The van der Waals surface area contributed by atoms with E-state index in [0.29, 0.717) is 29.2 Å². The molecule has 4 aromatic rings. The summed E-state index contributed by atoms with van der Waals surface area (Å²) in [6, 6.07) is 26.8. The highest BCUT2D eigenvalue weighted by Crippen LogP contribution is 2.27. The van der Waals surface area contributed by atoms with Crippen molar-refractivity contribution < 1.29 is 13.2 Å². The number of hydrogen-bond donors (Lipinski definition) is 1. The molecule has 0 bridgehead atoms. The van der Waals surface area contributed by atoms with Crippen LogP contribution in [-0.2, 0) is 29.5 Å². The van der Waals surface area contributed by atoms with E-state index in [9.17, 15) is 13.2 Å². The number of nitrogens with one attached hydrogen (secondary N) is 1. The number of carbonyl (C=O) groups is 1. The maximum Gasteiger partial charge on any atom is 0.251 e. The number of amides is 1. The third kappa shape index (κ3) is 6.97. The van der Waals surface area contributed by atoms with E-state index in [2.05, 4.69) is 15.3 Å². The fraction of sp³-hybridized carbons (Fsp3) is 0.167. The average molecular weight is 559 g/mol. The van der Waals surface area contributed by atoms with Gasteiger partial charge in [-0.2, -0.15) is 4.31 Å². The largest absolute Gasteiger partial charge is 0.352 e. The zero-order valence-electron chi connectivity index (χ0n) is 21.1. The molecule has 1 N–H and O–H groups in total. The minimum Gasteiger partial charge on any atom is -0.352 e. The van der Waals surface area contributed by atoms with Crippen molar-refractivity contribution in [1.29, 1.82) is 0 Å². The Morgan fingerprint density at radius 3 is 2.33 bits per heavy atom. The summed E-state index contributed by atoms with van der Waals surface area (Å²) >= 11 is 6.02. The number of pyridine rings is 1. The molecule has 1 atom stereocenters. The van der Waals surface area contributed by atoms with Crippen molar-refractivity contribution in [1.82, 2.24) is 14.6 Å². The molecule has 1 amide bonds. The van der Waals surface area contributed by atoms with Crippen molar-refractivity contribution in [2.75, 3.05) is 6.54 Å². The molecular weight excluding hydrogens is 532 g/mol. The highest BCUT2D eigenvalue weighted by Gasteiger charge is 2.26. The summed E-state index contributed by atoms with van der Waals surface area (Å²) in [7, 11) is -3.82. The number of rotatable bonds is 11. The van der Waals surface area contributed by atoms with Gasteiger partial charge < -0.3 is 5.32 Å². The van der Waals surface area contributed by atoms with E-state index in [1.807, 2.05) is 36.5 Å². The van der Waals surface area contributed by atoms with Crippen LogP contribution in [0.2, 0.25) is 5.02 Å². The predicted molar refractivity (Wildman–Crippen MR) is 152 cm³/mol. The fourth-order valence-electron chi connectivity index (χ4n) is 4.18. The topological polar surface area (TPSA) is 91.7 Å². The Labute approximate surface area is 233 Å². The van der Waals surface area contributed by atoms with Crippen LogP contribution in [-0.4, -0.2) is 36.4 Å². The number of benzene rings is 3. The summed E-state index contributed by atoms with van der Waals surface area (Å²) < 4.78 is 28.7. The van der Waals surface area contributed by atoms with Gasteiger partial charge in [-0.1, -0.05) is 54.1 Å². The van der Waals surface area contributed by atoms with Gasteiger partial charge in [0.1, 0.15) is 6.04 Å². The van der Waals surface area contributed by atoms with E-state index < -0.39 is 10.0 Å². The predicted octanol–water partition coefficient (Wildman–Crippen LogP) is 5.22. The minimum absolute atomic E-state index is 0.0546. The standard InChI is InChI=1S/C30H27ClN4O3S/c31-26-5-3-4-22(18-26)15-17-33-30(36)25-9-7-23(8-10-25)20-35(21-27-6-1-2-16-32-27)39(37,38)28-13-11-24(12-14-28)29-19-34-29/h1-14,16,18-19,29H,15,17,20-21H2,(H,33,36). The lowest BCUT2D eigenvalue weighted by Crippen LogP contribution is -2.30. The van der Waals surface area contributed by atoms with E-state index >= 15 is 0 Å². The zero-order valence-corrected chi connectivity index (χ0v) is 22.6. The molecule has 9 heteroatoms. The van der Waals surface area contributed by atoms with Crippen LogP contribution < -0.4 is 5.32 Å². The van der Waals surface area contributed by atoms with Gasteiger partial charge in [-0.15, -0.1) is 0 Å². The minimum atomic E-state index is -3.82. The first kappa shape index (κ1) is 26.7. The first-order valence-corrected chi connectivity index (χ1v) is 14.4. The summed E-state index contributed by atoms with van der Waals surface area (Å²) in [6.07, 6.45) is 4.13. The molecule has 3 aromatic carbocycles. The molecule has 0 saturated carbocycles. The third-order valence-electron chi connectivity index (χ3n) is 6.39. The lowest BCUT2D eigenvalue weighted by atomic mass is 10.1. The highest BCUT2D eigenvalue weighted by molar-refractivity contribution is 7.89. The SMILES string of the molecule is O=C(NCCc1cccc(Cl)c1)c1ccc(CN(Cc2ccccn2)S(=O)(=O)c2ccc(C3C=N3)cc2)cc1. The molecule has 7 nitrogen and oxygen atoms in total. The third-order valence-corrected chi connectivity index (χ3v) is 8.43. The maximum absolute atomic E-state index is 13.7. The quantitative estimate of drug-likeness (QED) is 0.273. The second-order valence-corrected chi connectivity index (χ2v) is 11.6. The Balaban J connectivity index is 1.27. The van der Waals surface area contributed by atoms with Gasteiger partial charge in [-0.05, 0) is 71.6 Å². The van der Waals surface area contributed by atoms with Gasteiger partial charge in [0.2, 0.25) is 10.0 Å². The summed E-state index contributed by atoms with van der Waals surface area (Å²) in [6.45, 7) is 0.716. The molecule has 0 radical (unpaired) electrons. The van der Waals surface area contributed by atoms with Gasteiger partial charge in [-0.3, -0.25) is 14.8 Å². The summed E-state index contributed by atoms with van der Waals surface area (Å²) in [5.41, 5.74) is 3.91. The van der Waals surface area contributed by atoms with Crippen LogP contribution in [0, 0.1) is 0 Å². The number of sulfonamides is 1. The highest BCUT2D eigenvalue weighted by atomic mass is 35.5. The van der Waals surface area contributed by atoms with E-state index in [0.717, 1.165) is 16.7 Å². The molecule has 0 aliphatic carbocycles. The van der Waals surface area contributed by atoms with Gasteiger partial charge in [0.05, 0.1) is 17.1 Å². The Bertz CT molecular complexity index is 1570. The van der Waals surface area contributed by atoms with Crippen LogP contribution in [0.15, 0.2) is 107 Å². The van der Waals surface area contributed by atoms with Crippen LogP contribution in [0.25, 0.3) is 0 Å². The van der Waals surface area contributed by atoms with Crippen LogP contribution in [0.1, 0.15) is 38.8 Å². The fourth-order valence-corrected chi connectivity index (χ4v) is 5.79. The number of nitrogens with zero attached hydrogens (tertiary/aromatic N) is 3. The van der Waals surface area contributed by atoms with E-state index in [1.165, 1.54) is 4.31 Å². The Morgan fingerprint density at radius 2 is 1.67 bits per heavy atom. The Kier molecular flexibility index (Phi) is 8.16. The molecule has 1 aliphatic rings. The number of carbonyl (C=O) groups excluding carboxylic acids is 1. The number of halogens is 1. The van der Waals surface area contributed by atoms with Gasteiger partial charge in [0.25, 0.3) is 5.91 Å². The maximum atomic E-state index is 13.7. The molecular formula is C30H27ClN4O3S. The van der Waals surface area contributed by atoms with Crippen LogP contribution in [0.3, 0.4) is 0 Å². The first-order valence-electron chi connectivity index (χ1n) is 12.5. The Hall–Kier alpha value is -3.85. The summed E-state index contributed by atoms with van der Waals surface area (Å²) in [4.78, 5) is 21.3. The molecule has 2 heterocycles. The number of hydrogen-bond acceptors (Lipinski definition) is 5. The van der Waals surface area contributed by atoms with Crippen molar-refractivity contribution in [2.45, 2.75) is 30.4 Å². The first-order chi connectivity index (χ1) is 18.9. The van der Waals surface area contributed by atoms with Crippen molar-refractivity contribution in [3.63, 3.8) is 0 Å². The van der Waals surface area contributed by atoms with Crippen LogP contribution in [0.4, 0.5) is 0 Å². The van der Waals surface area contributed by atoms with Gasteiger partial charge in [0.15, 0.2) is 0 Å². The van der Waals surface area contributed by atoms with Crippen LogP contribution in [0.5, 0.6) is 0 Å². The van der Waals surface area contributed by atoms with Crippen molar-refractivity contribution >= 4 is 33.7 Å². The molecule has 0 fully saturated rings. The molecule has 0 spiro atoms.